The third-order valence-corrected chi connectivity index (χ3v) is 22.8. The molecule has 15 aromatic heterocycles. The average Bonchev–Trinajstić information content (AvgIpc) is 1.56. The second-order valence-electron chi connectivity index (χ2n) is 32.0. The van der Waals surface area contributed by atoms with Crippen LogP contribution in [-0.2, 0) is 37.6 Å². The molecule has 678 valence electrons. The van der Waals surface area contributed by atoms with E-state index in [-0.39, 0.29) is 60.6 Å². The fourth-order valence-electron chi connectivity index (χ4n) is 15.9. The van der Waals surface area contributed by atoms with Gasteiger partial charge in [-0.05, 0) is 138 Å². The van der Waals surface area contributed by atoms with Gasteiger partial charge < -0.3 is 98.2 Å². The van der Waals surface area contributed by atoms with Gasteiger partial charge in [0, 0.05) is 72.6 Å². The van der Waals surface area contributed by atoms with E-state index in [1.165, 1.54) is 32.4 Å². The number of benzene rings is 5. The fraction of sp³-hybridized carbons (Fsp3) is 0.271. The van der Waals surface area contributed by atoms with Crippen LogP contribution in [0, 0.1) is 6.92 Å². The Hall–Kier alpha value is -17.0. The number of hydrogen-bond acceptors (Lipinski definition) is 41. The quantitative estimate of drug-likeness (QED) is 0.0457. The molecule has 1 saturated carbocycles. The largest absolute Gasteiger partial charge is 0.453 e. The third kappa shape index (κ3) is 16.3. The van der Waals surface area contributed by atoms with Crippen LogP contribution in [0.3, 0.4) is 0 Å². The van der Waals surface area contributed by atoms with Crippen molar-refractivity contribution >= 4 is 181 Å². The summed E-state index contributed by atoms with van der Waals surface area (Å²) in [4.78, 5) is 79.4. The minimum Gasteiger partial charge on any atom is -0.453 e. The zero-order valence-electron chi connectivity index (χ0n) is 72.3. The molecule has 0 atom stereocenters. The van der Waals surface area contributed by atoms with Crippen LogP contribution < -0.4 is 56.9 Å². The normalized spacial score (nSPS) is 13.9. The predicted octanol–water partition coefficient (Wildman–Crippen LogP) is 8.73. The van der Waals surface area contributed by atoms with Crippen molar-refractivity contribution in [1.29, 1.82) is 0 Å². The number of aliphatic hydroxyl groups excluding tert-OH is 1. The first-order chi connectivity index (χ1) is 64.4. The molecule has 48 heteroatoms. The van der Waals surface area contributed by atoms with Crippen LogP contribution in [0.2, 0.25) is 0 Å². The number of methoxy groups -OCH3 is 1. The molecule has 2 saturated heterocycles. The number of nitrogen functional groups attached to an aromatic ring is 9. The number of nitrogens with one attached hydrogen (secondary N) is 1. The lowest BCUT2D eigenvalue weighted by Crippen LogP contribution is -2.42. The van der Waals surface area contributed by atoms with E-state index < -0.39 is 11.6 Å². The van der Waals surface area contributed by atoms with E-state index >= 15 is 0 Å². The number of anilines is 10. The Morgan fingerprint density at radius 1 is 0.451 bits per heavy atom. The van der Waals surface area contributed by atoms with Gasteiger partial charge in [0.2, 0.25) is 5.91 Å². The molecule has 23 rings (SSSR count). The summed E-state index contributed by atoms with van der Waals surface area (Å²) < 4.78 is 50.5. The van der Waals surface area contributed by atoms with E-state index in [9.17, 15) is 14.7 Å². The van der Waals surface area contributed by atoms with Crippen molar-refractivity contribution < 1.29 is 51.3 Å². The molecule has 48 nitrogen and oxygen atoms in total. The zero-order valence-corrected chi connectivity index (χ0v) is 72.3. The van der Waals surface area contributed by atoms with Gasteiger partial charge in [-0.15, -0.1) is 0 Å². The van der Waals surface area contributed by atoms with Crippen molar-refractivity contribution in [3.8, 4) is 56.3 Å². The molecule has 20 aromatic rings. The Morgan fingerprint density at radius 2 is 0.872 bits per heavy atom. The van der Waals surface area contributed by atoms with Crippen LogP contribution in [-0.4, -0.2) is 224 Å². The van der Waals surface area contributed by atoms with E-state index in [4.69, 9.17) is 98.8 Å². The summed E-state index contributed by atoms with van der Waals surface area (Å²) in [5, 5.41) is 52.8. The summed E-state index contributed by atoms with van der Waals surface area (Å²) in [5.74, 6) is 3.25. The standard InChI is InChI=1S/C18H18N8O3.C18H20N8O2.C17H17N7O3.C16H15N7O2.C16H17N7O/c19-16-11-7-10(1-2-12(11)29-24-16)15-14-17(20)21-9-22-18(14)26(23-15)8-13(27)25-3-5-28-6-4-25;19-16-12-9-11(1-2-13(12)28-24-16)15-14-17(20)21-10-22-18(14)26(23-15)4-3-25-5-7-27-8-6-25;1-8(2)24-16-12(14(18)19-7-20-16)13(22-24)9-4-5-11-10(6-9)15(23-27-11)21-17(25)26-3;17-13-11-12(8-1-2-10-9(5-8)21-15(18)25-10)22-23(14(11)20-7-19-13)16(6-24)3-4-16;1-7(2)23-15-12(14(17)19-8(3)20-15)13(22-23)9-4-5-11-10(6-9)21-16(18)24-11/h1-2,7,9H,3-6,8H2,(H2,19,24)(H2,20,21,22);1-2,9-10H,3-8H2,(H2,19,24)(H2,20,21,22);4-8H,1-3H3,(H2,18,19,20)(H,21,23,25);1-2,5,7,24H,3-4,6H2,(H2,18,21)(H2,17,19,20);4-7H,1-3H3,(H2,18,21)(H2,17,19,20). The van der Waals surface area contributed by atoms with Crippen molar-refractivity contribution in [2.75, 3.05) is 130 Å². The topological polar surface area (TPSA) is 683 Å². The molecule has 0 radical (unpaired) electrons. The number of morpholine rings is 2. The molecule has 20 N–H and O–H groups in total. The number of carbonyl (C=O) groups excluding carboxylic acids is 2. The van der Waals surface area contributed by atoms with E-state index in [1.807, 2.05) is 117 Å². The van der Waals surface area contributed by atoms with E-state index in [0.29, 0.717) is 173 Å². The lowest BCUT2D eigenvalue weighted by Gasteiger charge is -2.26. The van der Waals surface area contributed by atoms with Crippen LogP contribution >= 0.6 is 0 Å². The number of amides is 2. The summed E-state index contributed by atoms with van der Waals surface area (Å²) in [6.07, 6.45) is 6.72. The molecule has 0 bridgehead atoms. The number of nitrogens with zero attached hydrogens (tertiary/aromatic N) is 27. The molecule has 0 spiro atoms. The molecule has 0 unspecified atom stereocenters. The zero-order chi connectivity index (χ0) is 92.4. The maximum Gasteiger partial charge on any atom is 0.412 e. The van der Waals surface area contributed by atoms with Gasteiger partial charge in [0.1, 0.15) is 106 Å². The highest BCUT2D eigenvalue weighted by atomic mass is 16.5. The Labute approximate surface area is 749 Å². The summed E-state index contributed by atoms with van der Waals surface area (Å²) in [7, 11) is 1.27. The van der Waals surface area contributed by atoms with Crippen LogP contribution in [0.5, 0.6) is 0 Å². The second kappa shape index (κ2) is 34.9. The highest BCUT2D eigenvalue weighted by Gasteiger charge is 2.47. The van der Waals surface area contributed by atoms with E-state index in [1.54, 1.807) is 37.1 Å². The second-order valence-corrected chi connectivity index (χ2v) is 32.0. The summed E-state index contributed by atoms with van der Waals surface area (Å²) in [5.41, 5.74) is 68.1. The number of fused-ring (bicyclic) bond motifs is 10. The molecular weight excluding hydrogens is 1720 g/mol. The van der Waals surface area contributed by atoms with Gasteiger partial charge in [0.05, 0.1) is 95.3 Å². The maximum absolute atomic E-state index is 12.7. The van der Waals surface area contributed by atoms with Gasteiger partial charge in [-0.2, -0.15) is 35.5 Å². The highest BCUT2D eigenvalue weighted by molar-refractivity contribution is 6.06. The van der Waals surface area contributed by atoms with Crippen LogP contribution in [0.1, 0.15) is 58.4 Å². The van der Waals surface area contributed by atoms with Crippen molar-refractivity contribution in [2.24, 2.45) is 0 Å². The Kier molecular flexibility index (Phi) is 22.4. The summed E-state index contributed by atoms with van der Waals surface area (Å²) in [6, 6.07) is 28.0. The number of aromatic nitrogens is 25. The number of aliphatic hydroxyl groups is 1. The number of rotatable bonds is 15. The van der Waals surface area contributed by atoms with E-state index in [2.05, 4.69) is 100 Å². The van der Waals surface area contributed by atoms with Crippen molar-refractivity contribution in [2.45, 2.75) is 78.2 Å². The SMILES string of the molecule is COC(=O)Nc1noc2ccc(-c3nn(C(C)C)c4ncnc(N)c34)cc12.Cc1nc(N)c2c(-c3ccc4oc(N)nc4c3)nn(C(C)C)c2n1.Nc1nc2cc(-c3nn(C4(CO)CC4)c4ncnc(N)c34)ccc2o1.Nc1noc2ccc(-c3nn(CC(=O)N4CCOCC4)c4ncnc(N)c34)cc12.Nc1noc2ccc(-c3nn(CCN4CCOCC4)c4ncnc(N)c34)cc12. The van der Waals surface area contributed by atoms with Crippen molar-refractivity contribution in [3.05, 3.63) is 122 Å². The van der Waals surface area contributed by atoms with Gasteiger partial charge in [0.25, 0.3) is 12.0 Å². The summed E-state index contributed by atoms with van der Waals surface area (Å²) >= 11 is 0. The average molecular weight is 1800 g/mol. The molecule has 5 aromatic carbocycles. The number of aryl methyl sites for hydroxylation is 1. The lowest BCUT2D eigenvalue weighted by atomic mass is 10.1. The molecule has 1 aliphatic carbocycles. The number of oxazole rings is 2. The molecule has 2 amide bonds. The fourth-order valence-corrected chi connectivity index (χ4v) is 15.9. The summed E-state index contributed by atoms with van der Waals surface area (Å²) in [6.45, 7) is 17.1. The van der Waals surface area contributed by atoms with Crippen LogP contribution in [0.4, 0.5) is 63.4 Å². The maximum atomic E-state index is 12.7. The first-order valence-corrected chi connectivity index (χ1v) is 42.0. The Morgan fingerprint density at radius 3 is 1.38 bits per heavy atom. The van der Waals surface area contributed by atoms with Crippen molar-refractivity contribution in [1.82, 2.24) is 134 Å². The number of nitrogens with two attached hydrogens (primary N) is 9. The van der Waals surface area contributed by atoms with Crippen LogP contribution in [0.25, 0.3) is 167 Å². The minimum atomic E-state index is -0.636. The minimum absolute atomic E-state index is 0.00593. The van der Waals surface area contributed by atoms with Gasteiger partial charge in [-0.1, -0.05) is 15.5 Å². The Bertz CT molecular complexity index is 7850. The first kappa shape index (κ1) is 85.4. The lowest BCUT2D eigenvalue weighted by molar-refractivity contribution is -0.136. The van der Waals surface area contributed by atoms with Gasteiger partial charge in [0.15, 0.2) is 73.6 Å². The third-order valence-electron chi connectivity index (χ3n) is 22.8. The molecule has 3 fully saturated rings. The van der Waals surface area contributed by atoms with Crippen LogP contribution in [0.15, 0.2) is 139 Å². The van der Waals surface area contributed by atoms with E-state index in [0.717, 1.165) is 107 Å². The number of hydrogen-bond donors (Lipinski definition) is 11. The molecule has 2 aliphatic heterocycles. The smallest absolute Gasteiger partial charge is 0.412 e. The monoisotopic (exact) mass is 1800 g/mol. The molecular formula is C85H87N37O11. The highest BCUT2D eigenvalue weighted by Crippen LogP contribution is 2.47. The molecule has 17 heterocycles. The van der Waals surface area contributed by atoms with Crippen molar-refractivity contribution in [3.63, 3.8) is 0 Å². The van der Waals surface area contributed by atoms with Gasteiger partial charge >= 0.3 is 6.09 Å². The number of carbonyl (C=O) groups is 2. The first-order valence-electron chi connectivity index (χ1n) is 42.0. The number of ether oxygens (including phenoxy) is 3. The predicted molar refractivity (Wildman–Crippen MR) is 492 cm³/mol. The van der Waals surface area contributed by atoms with Gasteiger partial charge in [-0.3, -0.25) is 15.0 Å². The molecule has 3 aliphatic rings. The molecule has 133 heavy (non-hydrogen) atoms. The Balaban J connectivity index is 0.000000107. The van der Waals surface area contributed by atoms with Gasteiger partial charge in [-0.25, -0.2) is 78.0 Å².